The molecular weight excluding hydrogens is 300 g/mol. The summed E-state index contributed by atoms with van der Waals surface area (Å²) in [5, 5.41) is 0.558. The molecule has 0 saturated carbocycles. The zero-order valence-corrected chi connectivity index (χ0v) is 14.5. The molecule has 7 nitrogen and oxygen atoms in total. The Balaban J connectivity index is 2.40. The van der Waals surface area contributed by atoms with E-state index in [1.165, 1.54) is 0 Å². The number of carbonyl (C=O) groups excluding carboxylic acids is 3. The van der Waals surface area contributed by atoms with Crippen LogP contribution in [0.4, 0.5) is 0 Å². The first kappa shape index (κ1) is 19.6. The number of hydrogen-bond donors (Lipinski definition) is 1. The summed E-state index contributed by atoms with van der Waals surface area (Å²) < 4.78 is 5.77. The van der Waals surface area contributed by atoms with Gasteiger partial charge in [-0.05, 0) is 38.6 Å². The van der Waals surface area contributed by atoms with Gasteiger partial charge in [0.1, 0.15) is 0 Å². The summed E-state index contributed by atoms with van der Waals surface area (Å²) in [7, 11) is 0. The molecule has 0 aliphatic carbocycles. The third-order valence-corrected chi connectivity index (χ3v) is 3.86. The van der Waals surface area contributed by atoms with Gasteiger partial charge in [0.25, 0.3) is 11.8 Å². The maximum Gasteiger partial charge on any atom is 0.336 e. The van der Waals surface area contributed by atoms with Crippen molar-refractivity contribution in [1.29, 1.82) is 0 Å². The number of carbonyl (C=O) groups is 3. The lowest BCUT2D eigenvalue weighted by molar-refractivity contribution is -0.201. The van der Waals surface area contributed by atoms with Gasteiger partial charge in [-0.25, -0.2) is 4.79 Å². The molecule has 0 atom stereocenters. The number of nitrogens with two attached hydrogens (primary N) is 1. The predicted molar refractivity (Wildman–Crippen MR) is 83.9 cm³/mol. The molecule has 0 bridgehead atoms. The Kier molecular flexibility index (Phi) is 6.70. The number of amides is 2. The normalized spacial score (nSPS) is 16.1. The summed E-state index contributed by atoms with van der Waals surface area (Å²) in [6.45, 7) is 8.91. The van der Waals surface area contributed by atoms with Crippen LogP contribution in [0, 0.1) is 5.41 Å². The summed E-state index contributed by atoms with van der Waals surface area (Å²) in [5.41, 5.74) is 4.93. The number of hydroxylamine groups is 2. The Bertz CT molecular complexity index is 443. The molecule has 0 unspecified atom stereocenters. The van der Waals surface area contributed by atoms with E-state index in [1.807, 2.05) is 0 Å². The molecule has 132 valence electrons. The molecule has 0 radical (unpaired) electrons. The quantitative estimate of drug-likeness (QED) is 0.645. The van der Waals surface area contributed by atoms with Gasteiger partial charge in [-0.1, -0.05) is 13.8 Å². The van der Waals surface area contributed by atoms with Crippen molar-refractivity contribution in [3.63, 3.8) is 0 Å². The molecular formula is C16H28N2O5. The highest BCUT2D eigenvalue weighted by Gasteiger charge is 2.34. The van der Waals surface area contributed by atoms with Gasteiger partial charge in [0.2, 0.25) is 0 Å². The van der Waals surface area contributed by atoms with E-state index in [-0.39, 0.29) is 24.7 Å². The van der Waals surface area contributed by atoms with Crippen molar-refractivity contribution in [1.82, 2.24) is 5.06 Å². The minimum atomic E-state index is -0.734. The van der Waals surface area contributed by atoms with E-state index < -0.39 is 23.4 Å². The van der Waals surface area contributed by atoms with Crippen molar-refractivity contribution in [2.75, 3.05) is 13.2 Å². The average molecular weight is 328 g/mol. The van der Waals surface area contributed by atoms with E-state index in [1.54, 1.807) is 13.8 Å². The van der Waals surface area contributed by atoms with Crippen LogP contribution in [0.25, 0.3) is 0 Å². The standard InChI is InChI=1S/C16H28N2O5/c1-15(2,7-9-17)8-10-22-16(3,4)11-14(21)23-18-12(19)5-6-13(18)20/h5-11,17H2,1-4H3. The molecule has 1 aliphatic rings. The van der Waals surface area contributed by atoms with E-state index in [0.717, 1.165) is 12.8 Å². The summed E-state index contributed by atoms with van der Waals surface area (Å²) in [6, 6.07) is 0. The second-order valence-electron chi connectivity index (χ2n) is 7.28. The van der Waals surface area contributed by atoms with Crippen molar-refractivity contribution >= 4 is 17.8 Å². The van der Waals surface area contributed by atoms with Crippen molar-refractivity contribution < 1.29 is 24.0 Å². The molecule has 1 heterocycles. The summed E-state index contributed by atoms with van der Waals surface area (Å²) >= 11 is 0. The Labute approximate surface area is 137 Å². The van der Waals surface area contributed by atoms with Crippen LogP contribution in [0.2, 0.25) is 0 Å². The molecule has 0 spiro atoms. The third-order valence-electron chi connectivity index (χ3n) is 3.86. The largest absolute Gasteiger partial charge is 0.375 e. The highest BCUT2D eigenvalue weighted by molar-refractivity contribution is 6.01. The Hall–Kier alpha value is -1.47. The van der Waals surface area contributed by atoms with E-state index >= 15 is 0 Å². The summed E-state index contributed by atoms with van der Waals surface area (Å²) in [6.07, 6.45) is 1.86. The van der Waals surface area contributed by atoms with Gasteiger partial charge in [-0.3, -0.25) is 9.59 Å². The van der Waals surface area contributed by atoms with Crippen molar-refractivity contribution in [3.05, 3.63) is 0 Å². The van der Waals surface area contributed by atoms with Gasteiger partial charge in [-0.2, -0.15) is 0 Å². The zero-order valence-electron chi connectivity index (χ0n) is 14.5. The Morgan fingerprint density at radius 3 is 2.22 bits per heavy atom. The molecule has 0 aromatic rings. The first-order valence-corrected chi connectivity index (χ1v) is 7.97. The molecule has 0 aromatic carbocycles. The lowest BCUT2D eigenvalue weighted by atomic mass is 9.86. The van der Waals surface area contributed by atoms with Crippen LogP contribution >= 0.6 is 0 Å². The lowest BCUT2D eigenvalue weighted by Crippen LogP contribution is -2.36. The second-order valence-corrected chi connectivity index (χ2v) is 7.28. The fourth-order valence-electron chi connectivity index (χ4n) is 2.31. The highest BCUT2D eigenvalue weighted by atomic mass is 16.7. The molecule has 0 aromatic heterocycles. The zero-order chi connectivity index (χ0) is 17.7. The number of rotatable bonds is 9. The molecule has 2 N–H and O–H groups in total. The van der Waals surface area contributed by atoms with Crippen molar-refractivity contribution in [2.24, 2.45) is 11.1 Å². The predicted octanol–water partition coefficient (Wildman–Crippen LogP) is 1.54. The van der Waals surface area contributed by atoms with E-state index in [9.17, 15) is 14.4 Å². The van der Waals surface area contributed by atoms with Crippen LogP contribution in [-0.4, -0.2) is 41.6 Å². The van der Waals surface area contributed by atoms with Gasteiger partial charge in [-0.15, -0.1) is 5.06 Å². The molecule has 1 rings (SSSR count). The van der Waals surface area contributed by atoms with Gasteiger partial charge in [0.15, 0.2) is 0 Å². The number of ether oxygens (including phenoxy) is 1. The summed E-state index contributed by atoms with van der Waals surface area (Å²) in [5.74, 6) is -1.61. The molecule has 1 saturated heterocycles. The van der Waals surface area contributed by atoms with Crippen LogP contribution in [0.3, 0.4) is 0 Å². The smallest absolute Gasteiger partial charge is 0.336 e. The van der Waals surface area contributed by atoms with E-state index in [4.69, 9.17) is 15.3 Å². The topological polar surface area (TPSA) is 98.9 Å². The van der Waals surface area contributed by atoms with Gasteiger partial charge in [0, 0.05) is 19.4 Å². The number of imide groups is 1. The molecule has 7 heteroatoms. The van der Waals surface area contributed by atoms with Crippen LogP contribution in [-0.2, 0) is 24.0 Å². The first-order valence-electron chi connectivity index (χ1n) is 7.97. The Morgan fingerprint density at radius 2 is 1.70 bits per heavy atom. The minimum Gasteiger partial charge on any atom is -0.375 e. The molecule has 1 fully saturated rings. The van der Waals surface area contributed by atoms with Gasteiger partial charge < -0.3 is 15.3 Å². The maximum atomic E-state index is 11.9. The van der Waals surface area contributed by atoms with E-state index in [2.05, 4.69) is 13.8 Å². The van der Waals surface area contributed by atoms with Crippen molar-refractivity contribution in [3.8, 4) is 0 Å². The van der Waals surface area contributed by atoms with Crippen LogP contribution in [0.1, 0.15) is 59.8 Å². The molecule has 23 heavy (non-hydrogen) atoms. The average Bonchev–Trinajstić information content (AvgIpc) is 2.69. The van der Waals surface area contributed by atoms with E-state index in [0.29, 0.717) is 18.2 Å². The Morgan fingerprint density at radius 1 is 1.13 bits per heavy atom. The lowest BCUT2D eigenvalue weighted by Gasteiger charge is -2.29. The van der Waals surface area contributed by atoms with Crippen LogP contribution < -0.4 is 5.73 Å². The number of nitrogens with zero attached hydrogens (tertiary/aromatic N) is 1. The summed E-state index contributed by atoms with van der Waals surface area (Å²) in [4.78, 5) is 39.6. The number of hydrogen-bond acceptors (Lipinski definition) is 6. The third kappa shape index (κ3) is 6.66. The van der Waals surface area contributed by atoms with Crippen molar-refractivity contribution in [2.45, 2.75) is 65.4 Å². The SMILES string of the molecule is CC(C)(CCN)CCOC(C)(C)CC(=O)ON1C(=O)CCC1=O. The van der Waals surface area contributed by atoms with Crippen LogP contribution in [0.15, 0.2) is 0 Å². The monoisotopic (exact) mass is 328 g/mol. The molecule has 1 aliphatic heterocycles. The molecule has 2 amide bonds. The fraction of sp³-hybridized carbons (Fsp3) is 0.812. The highest BCUT2D eigenvalue weighted by Crippen LogP contribution is 2.26. The van der Waals surface area contributed by atoms with Gasteiger partial charge >= 0.3 is 5.97 Å². The second kappa shape index (κ2) is 7.88. The van der Waals surface area contributed by atoms with Gasteiger partial charge in [0.05, 0.1) is 12.0 Å². The maximum absolute atomic E-state index is 11.9. The first-order chi connectivity index (χ1) is 10.6. The van der Waals surface area contributed by atoms with Crippen LogP contribution in [0.5, 0.6) is 0 Å². The fourth-order valence-corrected chi connectivity index (χ4v) is 2.31. The minimum absolute atomic E-state index is 0.0403.